The first kappa shape index (κ1) is 17.9. The standard InChI is InChI=1S/C15H29N3O3/c1-4-10(3)13(16)14(19)18-12(15(20)21-5-2)9-11-7-6-8-17-11/h10-13,17H,4-9,16H2,1-3H3,(H,18,19)/t10?,11?,12-,13-/m0/s1. The number of nitrogens with two attached hydrogens (primary N) is 1. The van der Waals surface area contributed by atoms with Gasteiger partial charge in [-0.05, 0) is 38.6 Å². The van der Waals surface area contributed by atoms with E-state index in [4.69, 9.17) is 10.5 Å². The monoisotopic (exact) mass is 299 g/mol. The summed E-state index contributed by atoms with van der Waals surface area (Å²) in [5.41, 5.74) is 5.92. The van der Waals surface area contributed by atoms with Gasteiger partial charge in [-0.25, -0.2) is 4.79 Å². The highest BCUT2D eigenvalue weighted by Crippen LogP contribution is 2.13. The van der Waals surface area contributed by atoms with Gasteiger partial charge in [-0.3, -0.25) is 4.79 Å². The van der Waals surface area contributed by atoms with Gasteiger partial charge in [0.15, 0.2) is 0 Å². The van der Waals surface area contributed by atoms with E-state index in [1.165, 1.54) is 0 Å². The molecule has 0 bridgehead atoms. The Kier molecular flexibility index (Phi) is 7.67. The van der Waals surface area contributed by atoms with Crippen LogP contribution in [0.25, 0.3) is 0 Å². The van der Waals surface area contributed by atoms with Crippen molar-refractivity contribution in [2.45, 2.75) is 64.6 Å². The van der Waals surface area contributed by atoms with Crippen molar-refractivity contribution < 1.29 is 14.3 Å². The summed E-state index contributed by atoms with van der Waals surface area (Å²) in [5, 5.41) is 6.10. The molecule has 1 heterocycles. The largest absolute Gasteiger partial charge is 0.464 e. The van der Waals surface area contributed by atoms with Gasteiger partial charge in [-0.2, -0.15) is 0 Å². The molecule has 4 N–H and O–H groups in total. The van der Waals surface area contributed by atoms with Crippen molar-refractivity contribution >= 4 is 11.9 Å². The number of ether oxygens (including phenoxy) is 1. The third-order valence-electron chi connectivity index (χ3n) is 4.13. The third kappa shape index (κ3) is 5.63. The molecule has 0 spiro atoms. The zero-order chi connectivity index (χ0) is 15.8. The highest BCUT2D eigenvalue weighted by molar-refractivity contribution is 5.87. The van der Waals surface area contributed by atoms with Gasteiger partial charge in [0, 0.05) is 6.04 Å². The first-order valence-corrected chi connectivity index (χ1v) is 7.95. The molecular weight excluding hydrogens is 270 g/mol. The number of rotatable bonds is 8. The number of carbonyl (C=O) groups excluding carboxylic acids is 2. The van der Waals surface area contributed by atoms with Crippen LogP contribution in [0.15, 0.2) is 0 Å². The second kappa shape index (κ2) is 9.00. The van der Waals surface area contributed by atoms with Gasteiger partial charge in [0.05, 0.1) is 12.6 Å². The first-order chi connectivity index (χ1) is 9.99. The van der Waals surface area contributed by atoms with Gasteiger partial charge in [-0.1, -0.05) is 20.3 Å². The molecule has 0 saturated carbocycles. The molecule has 0 radical (unpaired) electrons. The number of amides is 1. The van der Waals surface area contributed by atoms with Crippen molar-refractivity contribution in [2.24, 2.45) is 11.7 Å². The van der Waals surface area contributed by atoms with E-state index < -0.39 is 12.1 Å². The van der Waals surface area contributed by atoms with Crippen LogP contribution < -0.4 is 16.4 Å². The summed E-state index contributed by atoms with van der Waals surface area (Å²) in [6, 6.07) is -0.967. The summed E-state index contributed by atoms with van der Waals surface area (Å²) >= 11 is 0. The number of hydrogen-bond acceptors (Lipinski definition) is 5. The van der Waals surface area contributed by atoms with Crippen molar-refractivity contribution in [2.75, 3.05) is 13.2 Å². The molecule has 1 saturated heterocycles. The van der Waals surface area contributed by atoms with Crippen molar-refractivity contribution in [3.8, 4) is 0 Å². The molecule has 0 aromatic carbocycles. The molecule has 6 heteroatoms. The molecule has 0 aromatic heterocycles. The first-order valence-electron chi connectivity index (χ1n) is 7.95. The predicted octanol–water partition coefficient (Wildman–Crippen LogP) is 0.550. The van der Waals surface area contributed by atoms with Crippen LogP contribution in [0.4, 0.5) is 0 Å². The van der Waals surface area contributed by atoms with E-state index in [1.54, 1.807) is 6.92 Å². The second-order valence-corrected chi connectivity index (χ2v) is 5.75. The van der Waals surface area contributed by atoms with E-state index in [-0.39, 0.29) is 23.8 Å². The second-order valence-electron chi connectivity index (χ2n) is 5.75. The number of esters is 1. The Morgan fingerprint density at radius 1 is 1.43 bits per heavy atom. The third-order valence-corrected chi connectivity index (χ3v) is 4.13. The van der Waals surface area contributed by atoms with Crippen LogP contribution in [0.3, 0.4) is 0 Å². The van der Waals surface area contributed by atoms with E-state index >= 15 is 0 Å². The molecule has 0 aromatic rings. The molecule has 6 nitrogen and oxygen atoms in total. The normalized spacial score (nSPS) is 22.4. The minimum absolute atomic E-state index is 0.0810. The van der Waals surface area contributed by atoms with Gasteiger partial charge in [0.25, 0.3) is 0 Å². The Morgan fingerprint density at radius 2 is 2.14 bits per heavy atom. The fourth-order valence-electron chi connectivity index (χ4n) is 2.48. The van der Waals surface area contributed by atoms with Crippen molar-refractivity contribution in [3.05, 3.63) is 0 Å². The van der Waals surface area contributed by atoms with Crippen molar-refractivity contribution in [1.82, 2.24) is 10.6 Å². The predicted molar refractivity (Wildman–Crippen MR) is 81.6 cm³/mol. The van der Waals surface area contributed by atoms with Gasteiger partial charge in [0.2, 0.25) is 5.91 Å². The zero-order valence-corrected chi connectivity index (χ0v) is 13.4. The summed E-state index contributed by atoms with van der Waals surface area (Å²) in [5.74, 6) is -0.575. The Balaban J connectivity index is 2.62. The van der Waals surface area contributed by atoms with E-state index in [1.807, 2.05) is 13.8 Å². The lowest BCUT2D eigenvalue weighted by molar-refractivity contribution is -0.148. The van der Waals surface area contributed by atoms with E-state index in [0.717, 1.165) is 25.8 Å². The highest BCUT2D eigenvalue weighted by Gasteiger charge is 2.30. The van der Waals surface area contributed by atoms with Gasteiger partial charge in [-0.15, -0.1) is 0 Å². The molecule has 21 heavy (non-hydrogen) atoms. The molecule has 0 aliphatic carbocycles. The molecule has 2 unspecified atom stereocenters. The Morgan fingerprint density at radius 3 is 2.67 bits per heavy atom. The minimum Gasteiger partial charge on any atom is -0.464 e. The molecule has 122 valence electrons. The molecule has 1 aliphatic heterocycles. The van der Waals surface area contributed by atoms with E-state index in [0.29, 0.717) is 13.0 Å². The molecule has 1 rings (SSSR count). The molecule has 1 aliphatic rings. The molecule has 1 fully saturated rings. The van der Waals surface area contributed by atoms with Crippen LogP contribution >= 0.6 is 0 Å². The van der Waals surface area contributed by atoms with Crippen LogP contribution in [0.2, 0.25) is 0 Å². The van der Waals surface area contributed by atoms with Gasteiger partial charge in [0.1, 0.15) is 6.04 Å². The topological polar surface area (TPSA) is 93.5 Å². The Labute approximate surface area is 127 Å². The SMILES string of the molecule is CCOC(=O)[C@H](CC1CCCN1)NC(=O)[C@@H](N)C(C)CC. The van der Waals surface area contributed by atoms with Crippen LogP contribution in [0.5, 0.6) is 0 Å². The summed E-state index contributed by atoms with van der Waals surface area (Å²) in [4.78, 5) is 24.2. The summed E-state index contributed by atoms with van der Waals surface area (Å²) in [6.45, 7) is 6.95. The molecule has 4 atom stereocenters. The number of hydrogen-bond donors (Lipinski definition) is 3. The average molecular weight is 299 g/mol. The molecular formula is C15H29N3O3. The zero-order valence-electron chi connectivity index (χ0n) is 13.4. The number of nitrogens with one attached hydrogen (secondary N) is 2. The fourth-order valence-corrected chi connectivity index (χ4v) is 2.48. The van der Waals surface area contributed by atoms with Gasteiger partial charge >= 0.3 is 5.97 Å². The smallest absolute Gasteiger partial charge is 0.328 e. The maximum Gasteiger partial charge on any atom is 0.328 e. The summed E-state index contributed by atoms with van der Waals surface area (Å²) in [6.07, 6.45) is 3.49. The Bertz CT molecular complexity index is 343. The maximum atomic E-state index is 12.2. The minimum atomic E-state index is -0.622. The lowest BCUT2D eigenvalue weighted by Gasteiger charge is -2.24. The van der Waals surface area contributed by atoms with Crippen LogP contribution in [0, 0.1) is 5.92 Å². The van der Waals surface area contributed by atoms with E-state index in [2.05, 4.69) is 10.6 Å². The Hall–Kier alpha value is -1.14. The quantitative estimate of drug-likeness (QED) is 0.569. The van der Waals surface area contributed by atoms with E-state index in [9.17, 15) is 9.59 Å². The lowest BCUT2D eigenvalue weighted by Crippen LogP contribution is -2.52. The van der Waals surface area contributed by atoms with Crippen molar-refractivity contribution in [3.63, 3.8) is 0 Å². The van der Waals surface area contributed by atoms with Crippen LogP contribution in [0.1, 0.15) is 46.5 Å². The fraction of sp³-hybridized carbons (Fsp3) is 0.867. The van der Waals surface area contributed by atoms with Gasteiger partial charge < -0.3 is 21.1 Å². The average Bonchev–Trinajstić information content (AvgIpc) is 2.98. The lowest BCUT2D eigenvalue weighted by atomic mass is 9.98. The maximum absolute atomic E-state index is 12.2. The van der Waals surface area contributed by atoms with Crippen LogP contribution in [-0.4, -0.2) is 43.2 Å². The highest BCUT2D eigenvalue weighted by atomic mass is 16.5. The molecule has 1 amide bonds. The number of carbonyl (C=O) groups is 2. The summed E-state index contributed by atoms with van der Waals surface area (Å²) < 4.78 is 5.06. The summed E-state index contributed by atoms with van der Waals surface area (Å²) in [7, 11) is 0. The van der Waals surface area contributed by atoms with Crippen molar-refractivity contribution in [1.29, 1.82) is 0 Å². The van der Waals surface area contributed by atoms with Crippen LogP contribution in [-0.2, 0) is 14.3 Å².